The van der Waals surface area contributed by atoms with Gasteiger partial charge in [0.25, 0.3) is 0 Å². The molecule has 1 aromatic carbocycles. The summed E-state index contributed by atoms with van der Waals surface area (Å²) in [6.07, 6.45) is 5.96. The maximum Gasteiger partial charge on any atom is 0.136 e. The van der Waals surface area contributed by atoms with Crippen molar-refractivity contribution in [3.8, 4) is 18.4 Å². The summed E-state index contributed by atoms with van der Waals surface area (Å²) in [5.74, 6) is 2.68. The molecule has 1 aliphatic rings. The quantitative estimate of drug-likeness (QED) is 0.641. The molecule has 1 aliphatic carbocycles. The van der Waals surface area contributed by atoms with Crippen molar-refractivity contribution in [2.24, 2.45) is 0 Å². The molecule has 0 saturated heterocycles. The second kappa shape index (κ2) is 3.26. The molecule has 0 aromatic heterocycles. The van der Waals surface area contributed by atoms with Crippen LogP contribution in [0, 0.1) is 23.7 Å². The summed E-state index contributed by atoms with van der Waals surface area (Å²) in [7, 11) is 0. The van der Waals surface area contributed by atoms with Gasteiger partial charge in [0.1, 0.15) is 5.78 Å². The molecule has 2 nitrogen and oxygen atoms in total. The van der Waals surface area contributed by atoms with Crippen molar-refractivity contribution >= 4 is 5.78 Å². The minimum atomic E-state index is -0.667. The van der Waals surface area contributed by atoms with Gasteiger partial charge in [-0.3, -0.25) is 4.79 Å². The van der Waals surface area contributed by atoms with E-state index in [0.29, 0.717) is 18.4 Å². The monoisotopic (exact) mass is 195 g/mol. The lowest BCUT2D eigenvalue weighted by Gasteiger charge is -2.34. The van der Waals surface area contributed by atoms with Crippen molar-refractivity contribution in [1.82, 2.24) is 0 Å². The molecule has 0 atom stereocenters. The van der Waals surface area contributed by atoms with Crippen LogP contribution in [0.1, 0.15) is 24.0 Å². The Morgan fingerprint density at radius 3 is 2.53 bits per heavy atom. The first-order chi connectivity index (χ1) is 7.22. The van der Waals surface area contributed by atoms with Gasteiger partial charge in [-0.25, -0.2) is 0 Å². The van der Waals surface area contributed by atoms with Crippen molar-refractivity contribution in [2.45, 2.75) is 18.3 Å². The van der Waals surface area contributed by atoms with E-state index in [2.05, 4.69) is 12.0 Å². The van der Waals surface area contributed by atoms with E-state index in [1.54, 1.807) is 6.07 Å². The number of rotatable bonds is 1. The zero-order valence-corrected chi connectivity index (χ0v) is 8.16. The van der Waals surface area contributed by atoms with E-state index in [1.165, 1.54) is 0 Å². The molecule has 0 radical (unpaired) electrons. The number of Topliss-reactive ketones (excluding diaryl/α,β-unsaturated/α-hetero) is 1. The normalized spacial score (nSPS) is 17.3. The zero-order valence-electron chi connectivity index (χ0n) is 8.16. The van der Waals surface area contributed by atoms with Crippen molar-refractivity contribution in [3.05, 3.63) is 35.4 Å². The number of nitriles is 1. The van der Waals surface area contributed by atoms with E-state index >= 15 is 0 Å². The fourth-order valence-electron chi connectivity index (χ4n) is 1.98. The zero-order chi connectivity index (χ0) is 10.9. The highest BCUT2D eigenvalue weighted by atomic mass is 16.1. The van der Waals surface area contributed by atoms with Gasteiger partial charge in [0, 0.05) is 18.4 Å². The van der Waals surface area contributed by atoms with Gasteiger partial charge in [0.15, 0.2) is 0 Å². The summed E-state index contributed by atoms with van der Waals surface area (Å²) in [4.78, 5) is 11.0. The molecular weight excluding hydrogens is 186 g/mol. The first kappa shape index (κ1) is 9.49. The molecule has 15 heavy (non-hydrogen) atoms. The number of nitrogens with zero attached hydrogens (tertiary/aromatic N) is 1. The van der Waals surface area contributed by atoms with Gasteiger partial charge in [-0.15, -0.1) is 6.42 Å². The van der Waals surface area contributed by atoms with Crippen LogP contribution >= 0.6 is 0 Å². The summed E-state index contributed by atoms with van der Waals surface area (Å²) < 4.78 is 0. The third kappa shape index (κ3) is 1.32. The van der Waals surface area contributed by atoms with Crippen LogP contribution in [0.15, 0.2) is 24.3 Å². The van der Waals surface area contributed by atoms with Gasteiger partial charge in [-0.1, -0.05) is 24.1 Å². The van der Waals surface area contributed by atoms with Crippen LogP contribution in [0.4, 0.5) is 0 Å². The smallest absolute Gasteiger partial charge is 0.136 e. The Bertz CT molecular complexity index is 494. The fourth-order valence-corrected chi connectivity index (χ4v) is 1.98. The second-order valence-electron chi connectivity index (χ2n) is 3.78. The highest BCUT2D eigenvalue weighted by Crippen LogP contribution is 2.41. The van der Waals surface area contributed by atoms with E-state index in [0.717, 1.165) is 5.56 Å². The lowest BCUT2D eigenvalue weighted by atomic mass is 9.63. The Kier molecular flexibility index (Phi) is 2.06. The Hall–Kier alpha value is -2.06. The van der Waals surface area contributed by atoms with Crippen molar-refractivity contribution in [3.63, 3.8) is 0 Å². The van der Waals surface area contributed by atoms with Gasteiger partial charge in [0.2, 0.25) is 0 Å². The van der Waals surface area contributed by atoms with Crippen LogP contribution in [0.3, 0.4) is 0 Å². The summed E-state index contributed by atoms with van der Waals surface area (Å²) in [6.45, 7) is 0. The van der Waals surface area contributed by atoms with Crippen LogP contribution < -0.4 is 0 Å². The largest absolute Gasteiger partial charge is 0.300 e. The van der Waals surface area contributed by atoms with Gasteiger partial charge in [0.05, 0.1) is 11.5 Å². The van der Waals surface area contributed by atoms with E-state index in [9.17, 15) is 4.79 Å². The van der Waals surface area contributed by atoms with Crippen molar-refractivity contribution in [1.29, 1.82) is 5.26 Å². The third-order valence-corrected chi connectivity index (χ3v) is 2.81. The van der Waals surface area contributed by atoms with Gasteiger partial charge in [-0.05, 0) is 11.6 Å². The molecular formula is C13H9NO. The number of hydrogen-bond donors (Lipinski definition) is 0. The second-order valence-corrected chi connectivity index (χ2v) is 3.78. The molecule has 1 saturated carbocycles. The van der Waals surface area contributed by atoms with E-state index in [1.807, 2.05) is 18.2 Å². The maximum absolute atomic E-state index is 11.0. The Labute approximate surface area is 88.5 Å². The average molecular weight is 195 g/mol. The number of carbonyl (C=O) groups is 1. The van der Waals surface area contributed by atoms with Gasteiger partial charge >= 0.3 is 0 Å². The Morgan fingerprint density at radius 1 is 1.33 bits per heavy atom. The fraction of sp³-hybridized carbons (Fsp3) is 0.231. The summed E-state index contributed by atoms with van der Waals surface area (Å²) >= 11 is 0. The molecule has 0 unspecified atom stereocenters. The Balaban J connectivity index is 2.51. The predicted octanol–water partition coefficient (Wildman–Crippen LogP) is 1.79. The summed E-state index contributed by atoms with van der Waals surface area (Å²) in [6, 6.07) is 9.54. The molecule has 0 spiro atoms. The molecule has 1 fully saturated rings. The molecule has 0 heterocycles. The first-order valence-corrected chi connectivity index (χ1v) is 4.71. The molecule has 0 amide bonds. The lowest BCUT2D eigenvalue weighted by Crippen LogP contribution is -2.40. The number of terminal acetylenes is 1. The predicted molar refractivity (Wildman–Crippen MR) is 55.9 cm³/mol. The van der Waals surface area contributed by atoms with E-state index < -0.39 is 5.41 Å². The van der Waals surface area contributed by atoms with E-state index in [-0.39, 0.29) is 5.78 Å². The van der Waals surface area contributed by atoms with Crippen LogP contribution in [-0.4, -0.2) is 5.78 Å². The van der Waals surface area contributed by atoms with Crippen LogP contribution in [0.25, 0.3) is 0 Å². The van der Waals surface area contributed by atoms with Crippen molar-refractivity contribution in [2.75, 3.05) is 0 Å². The van der Waals surface area contributed by atoms with Crippen LogP contribution in [0.5, 0.6) is 0 Å². The number of hydrogen-bond acceptors (Lipinski definition) is 2. The lowest BCUT2D eigenvalue weighted by molar-refractivity contribution is -0.126. The molecule has 0 N–H and O–H groups in total. The summed E-state index contributed by atoms with van der Waals surface area (Å²) in [5.41, 5.74) is 0.862. The topological polar surface area (TPSA) is 40.9 Å². The minimum absolute atomic E-state index is 0.128. The molecule has 1 aromatic rings. The third-order valence-electron chi connectivity index (χ3n) is 2.81. The first-order valence-electron chi connectivity index (χ1n) is 4.71. The highest BCUT2D eigenvalue weighted by molar-refractivity contribution is 5.90. The van der Waals surface area contributed by atoms with Crippen LogP contribution in [-0.2, 0) is 10.2 Å². The minimum Gasteiger partial charge on any atom is -0.300 e. The molecule has 0 bridgehead atoms. The molecule has 0 aliphatic heterocycles. The Morgan fingerprint density at radius 2 is 2.00 bits per heavy atom. The van der Waals surface area contributed by atoms with Gasteiger partial charge in [-0.2, -0.15) is 5.26 Å². The standard InChI is InChI=1S/C13H9NO/c1-2-10-5-3-4-6-12(10)13(9-14)7-11(15)8-13/h1,3-6H,7-8H2. The number of carbonyl (C=O) groups excluding carboxylic acids is 1. The molecule has 2 heteroatoms. The molecule has 2 rings (SSSR count). The van der Waals surface area contributed by atoms with E-state index in [4.69, 9.17) is 11.7 Å². The van der Waals surface area contributed by atoms with Gasteiger partial charge < -0.3 is 0 Å². The number of benzene rings is 1. The summed E-state index contributed by atoms with van der Waals surface area (Å²) in [5, 5.41) is 9.16. The molecule has 72 valence electrons. The number of ketones is 1. The van der Waals surface area contributed by atoms with Crippen LogP contribution in [0.2, 0.25) is 0 Å². The maximum atomic E-state index is 11.0. The highest BCUT2D eigenvalue weighted by Gasteiger charge is 2.46. The average Bonchev–Trinajstić information content (AvgIpc) is 2.24. The SMILES string of the molecule is C#Cc1ccccc1C1(C#N)CC(=O)C1. The van der Waals surface area contributed by atoms with Crippen molar-refractivity contribution < 1.29 is 4.79 Å².